The Bertz CT molecular complexity index is 523. The lowest BCUT2D eigenvalue weighted by Gasteiger charge is -2.14. The normalized spacial score (nSPS) is 12.2. The van der Waals surface area contributed by atoms with Crippen molar-refractivity contribution >= 4 is 10.0 Å². The SMILES string of the molecule is CCCNCc1cc(S(=O)(=O)N(C)CCC)cn1CCC. The average molecular weight is 315 g/mol. The van der Waals surface area contributed by atoms with E-state index in [4.69, 9.17) is 0 Å². The minimum Gasteiger partial charge on any atom is -0.349 e. The van der Waals surface area contributed by atoms with Crippen molar-refractivity contribution in [1.82, 2.24) is 14.2 Å². The molecule has 0 spiro atoms. The van der Waals surface area contributed by atoms with Crippen molar-refractivity contribution in [1.29, 1.82) is 0 Å². The van der Waals surface area contributed by atoms with Gasteiger partial charge in [0.15, 0.2) is 0 Å². The van der Waals surface area contributed by atoms with Crippen molar-refractivity contribution in [3.63, 3.8) is 0 Å². The third-order valence-electron chi connectivity index (χ3n) is 3.40. The van der Waals surface area contributed by atoms with E-state index in [1.807, 2.05) is 6.92 Å². The number of aryl methyl sites for hydroxylation is 1. The summed E-state index contributed by atoms with van der Waals surface area (Å²) >= 11 is 0. The van der Waals surface area contributed by atoms with Crippen molar-refractivity contribution in [3.05, 3.63) is 18.0 Å². The van der Waals surface area contributed by atoms with E-state index in [1.54, 1.807) is 19.3 Å². The summed E-state index contributed by atoms with van der Waals surface area (Å²) in [5.41, 5.74) is 1.04. The van der Waals surface area contributed by atoms with Crippen LogP contribution in [0, 0.1) is 0 Å². The maximum atomic E-state index is 12.5. The predicted octanol–water partition coefficient (Wildman–Crippen LogP) is 2.43. The van der Waals surface area contributed by atoms with Crippen LogP contribution >= 0.6 is 0 Å². The first-order chi connectivity index (χ1) is 9.97. The molecule has 0 aliphatic rings. The van der Waals surface area contributed by atoms with Crippen LogP contribution in [0.4, 0.5) is 0 Å². The largest absolute Gasteiger partial charge is 0.349 e. The molecular formula is C15H29N3O2S. The first-order valence-corrected chi connectivity index (χ1v) is 9.27. The quantitative estimate of drug-likeness (QED) is 0.675. The molecule has 1 heterocycles. The smallest absolute Gasteiger partial charge is 0.244 e. The van der Waals surface area contributed by atoms with Crippen LogP contribution in [0.15, 0.2) is 17.2 Å². The number of rotatable bonds is 10. The van der Waals surface area contributed by atoms with E-state index in [0.29, 0.717) is 18.0 Å². The van der Waals surface area contributed by atoms with Gasteiger partial charge in [-0.25, -0.2) is 12.7 Å². The Morgan fingerprint density at radius 2 is 1.90 bits per heavy atom. The Labute approximate surface area is 129 Å². The van der Waals surface area contributed by atoms with Gasteiger partial charge in [0.2, 0.25) is 10.0 Å². The van der Waals surface area contributed by atoms with E-state index in [9.17, 15) is 8.42 Å². The zero-order valence-electron chi connectivity index (χ0n) is 13.7. The average Bonchev–Trinajstić information content (AvgIpc) is 2.84. The van der Waals surface area contributed by atoms with Crippen LogP contribution in [-0.4, -0.2) is 37.4 Å². The van der Waals surface area contributed by atoms with Crippen LogP contribution in [0.1, 0.15) is 45.7 Å². The van der Waals surface area contributed by atoms with E-state index < -0.39 is 10.0 Å². The highest BCUT2D eigenvalue weighted by Crippen LogP contribution is 2.19. The second kappa shape index (κ2) is 8.56. The zero-order chi connectivity index (χ0) is 15.9. The molecule has 0 aliphatic carbocycles. The number of nitrogens with one attached hydrogen (secondary N) is 1. The summed E-state index contributed by atoms with van der Waals surface area (Å²) in [5.74, 6) is 0. The zero-order valence-corrected chi connectivity index (χ0v) is 14.5. The monoisotopic (exact) mass is 315 g/mol. The molecule has 5 nitrogen and oxygen atoms in total. The predicted molar refractivity (Wildman–Crippen MR) is 86.8 cm³/mol. The molecule has 0 bridgehead atoms. The van der Waals surface area contributed by atoms with Crippen molar-refractivity contribution in [2.75, 3.05) is 20.1 Å². The van der Waals surface area contributed by atoms with Gasteiger partial charge in [0.25, 0.3) is 0 Å². The van der Waals surface area contributed by atoms with Crippen LogP contribution in [0.5, 0.6) is 0 Å². The highest BCUT2D eigenvalue weighted by Gasteiger charge is 2.22. The molecule has 1 N–H and O–H groups in total. The van der Waals surface area contributed by atoms with Crippen LogP contribution < -0.4 is 5.32 Å². The molecule has 0 radical (unpaired) electrons. The third-order valence-corrected chi connectivity index (χ3v) is 5.23. The Kier molecular flexibility index (Phi) is 7.42. The lowest BCUT2D eigenvalue weighted by atomic mass is 10.4. The standard InChI is InChI=1S/C15H29N3O2S/c1-5-8-16-12-14-11-15(13-18(14)10-7-3)21(19,20)17(4)9-6-2/h11,13,16H,5-10,12H2,1-4H3. The molecule has 6 heteroatoms. The minimum atomic E-state index is -3.37. The summed E-state index contributed by atoms with van der Waals surface area (Å²) in [6.45, 7) is 9.24. The molecule has 0 saturated carbocycles. The molecule has 122 valence electrons. The Morgan fingerprint density at radius 1 is 1.19 bits per heavy atom. The number of hydrogen-bond acceptors (Lipinski definition) is 3. The fourth-order valence-corrected chi connectivity index (χ4v) is 3.60. The fraction of sp³-hybridized carbons (Fsp3) is 0.733. The molecule has 0 fully saturated rings. The Morgan fingerprint density at radius 3 is 2.48 bits per heavy atom. The molecule has 0 aliphatic heterocycles. The summed E-state index contributed by atoms with van der Waals surface area (Å²) in [5, 5.41) is 3.34. The van der Waals surface area contributed by atoms with Crippen LogP contribution in [0.2, 0.25) is 0 Å². The molecule has 21 heavy (non-hydrogen) atoms. The van der Waals surface area contributed by atoms with Gasteiger partial charge in [0.05, 0.1) is 0 Å². The summed E-state index contributed by atoms with van der Waals surface area (Å²) < 4.78 is 28.5. The van der Waals surface area contributed by atoms with Gasteiger partial charge in [-0.2, -0.15) is 0 Å². The van der Waals surface area contributed by atoms with Gasteiger partial charge in [0.1, 0.15) is 4.90 Å². The molecule has 0 unspecified atom stereocenters. The molecule has 1 aromatic heterocycles. The number of aromatic nitrogens is 1. The van der Waals surface area contributed by atoms with Gasteiger partial charge < -0.3 is 9.88 Å². The first-order valence-electron chi connectivity index (χ1n) is 7.83. The van der Waals surface area contributed by atoms with Crippen molar-refractivity contribution in [3.8, 4) is 0 Å². The molecule has 0 saturated heterocycles. The van der Waals surface area contributed by atoms with E-state index in [2.05, 4.69) is 23.7 Å². The second-order valence-electron chi connectivity index (χ2n) is 5.36. The number of nitrogens with zero attached hydrogens (tertiary/aromatic N) is 2. The summed E-state index contributed by atoms with van der Waals surface area (Å²) in [6.07, 6.45) is 4.64. The molecule has 0 atom stereocenters. The molecule has 1 rings (SSSR count). The van der Waals surface area contributed by atoms with Gasteiger partial charge >= 0.3 is 0 Å². The van der Waals surface area contributed by atoms with Crippen LogP contribution in [0.25, 0.3) is 0 Å². The van der Waals surface area contributed by atoms with Crippen molar-refractivity contribution in [2.45, 2.75) is 58.0 Å². The summed E-state index contributed by atoms with van der Waals surface area (Å²) in [4.78, 5) is 0.403. The third kappa shape index (κ3) is 4.83. The topological polar surface area (TPSA) is 54.3 Å². The highest BCUT2D eigenvalue weighted by molar-refractivity contribution is 7.89. The Balaban J connectivity index is 3.00. The molecular weight excluding hydrogens is 286 g/mol. The minimum absolute atomic E-state index is 0.403. The number of sulfonamides is 1. The van der Waals surface area contributed by atoms with Crippen LogP contribution in [-0.2, 0) is 23.1 Å². The van der Waals surface area contributed by atoms with E-state index in [0.717, 1.165) is 38.0 Å². The molecule has 1 aromatic rings. The maximum absolute atomic E-state index is 12.5. The summed E-state index contributed by atoms with van der Waals surface area (Å²) in [7, 11) is -1.72. The van der Waals surface area contributed by atoms with Crippen LogP contribution in [0.3, 0.4) is 0 Å². The maximum Gasteiger partial charge on any atom is 0.244 e. The van der Waals surface area contributed by atoms with Gasteiger partial charge in [-0.1, -0.05) is 20.8 Å². The van der Waals surface area contributed by atoms with Gasteiger partial charge in [-0.15, -0.1) is 0 Å². The number of hydrogen-bond donors (Lipinski definition) is 1. The highest BCUT2D eigenvalue weighted by atomic mass is 32.2. The van der Waals surface area contributed by atoms with Gasteiger partial charge in [-0.3, -0.25) is 0 Å². The summed E-state index contributed by atoms with van der Waals surface area (Å²) in [6, 6.07) is 1.81. The first kappa shape index (κ1) is 18.2. The van der Waals surface area contributed by atoms with E-state index in [-0.39, 0.29) is 0 Å². The molecule has 0 amide bonds. The fourth-order valence-electron chi connectivity index (χ4n) is 2.27. The Hall–Kier alpha value is -0.850. The van der Waals surface area contributed by atoms with Crippen molar-refractivity contribution in [2.24, 2.45) is 0 Å². The van der Waals surface area contributed by atoms with E-state index in [1.165, 1.54) is 4.31 Å². The van der Waals surface area contributed by atoms with Gasteiger partial charge in [0, 0.05) is 38.6 Å². The molecule has 0 aromatic carbocycles. The second-order valence-corrected chi connectivity index (χ2v) is 7.41. The lowest BCUT2D eigenvalue weighted by Crippen LogP contribution is -2.27. The van der Waals surface area contributed by atoms with E-state index >= 15 is 0 Å². The van der Waals surface area contributed by atoms with Crippen molar-refractivity contribution < 1.29 is 8.42 Å². The van der Waals surface area contributed by atoms with Gasteiger partial charge in [-0.05, 0) is 31.9 Å². The lowest BCUT2D eigenvalue weighted by molar-refractivity contribution is 0.468.